The van der Waals surface area contributed by atoms with Gasteiger partial charge in [-0.15, -0.1) is 0 Å². The molecule has 3 atom stereocenters. The van der Waals surface area contributed by atoms with Crippen molar-refractivity contribution < 1.29 is 4.74 Å². The van der Waals surface area contributed by atoms with Gasteiger partial charge in [0.2, 0.25) is 0 Å². The topological polar surface area (TPSA) is 15.8 Å². The zero-order valence-corrected chi connectivity index (χ0v) is 10.8. The Morgan fingerprint density at radius 2 is 1.93 bits per heavy atom. The molecule has 0 spiro atoms. The first-order valence-corrected chi connectivity index (χ1v) is 6.51. The quantitative estimate of drug-likeness (QED) is 0.576. The molecule has 1 aliphatic rings. The zero-order chi connectivity index (χ0) is 11.3. The second kappa shape index (κ2) is 6.49. The van der Waals surface area contributed by atoms with E-state index in [1.165, 1.54) is 25.7 Å². The lowest BCUT2D eigenvalue weighted by Gasteiger charge is -2.11. The summed E-state index contributed by atoms with van der Waals surface area (Å²) in [6.45, 7) is 9.06. The second-order valence-electron chi connectivity index (χ2n) is 5.04. The molecule has 0 bridgehead atoms. The van der Waals surface area contributed by atoms with Crippen LogP contribution in [0.2, 0.25) is 0 Å². The van der Waals surface area contributed by atoms with E-state index in [4.69, 9.17) is 4.74 Å². The molecule has 0 saturated carbocycles. The normalized spacial score (nSPS) is 27.0. The van der Waals surface area contributed by atoms with Gasteiger partial charge in [-0.3, -0.25) is 0 Å². The van der Waals surface area contributed by atoms with Crippen LogP contribution in [0.4, 0.5) is 0 Å². The molecule has 1 aliphatic heterocycles. The molecule has 0 amide bonds. The molecule has 90 valence electrons. The Labute approximate surface area is 95.0 Å². The first-order chi connectivity index (χ1) is 7.17. The number of rotatable bonds is 8. The predicted molar refractivity (Wildman–Crippen MR) is 65.1 cm³/mol. The van der Waals surface area contributed by atoms with E-state index in [0.717, 1.165) is 19.0 Å². The number of hydrogen-bond donors (Lipinski definition) is 0. The Hall–Kier alpha value is -0.0800. The van der Waals surface area contributed by atoms with Crippen LogP contribution in [-0.4, -0.2) is 37.2 Å². The van der Waals surface area contributed by atoms with Crippen molar-refractivity contribution in [1.82, 2.24) is 4.90 Å². The fourth-order valence-electron chi connectivity index (χ4n) is 2.12. The van der Waals surface area contributed by atoms with Crippen LogP contribution in [0.3, 0.4) is 0 Å². The fraction of sp³-hybridized carbons (Fsp3) is 1.00. The third-order valence-corrected chi connectivity index (χ3v) is 3.44. The fourth-order valence-corrected chi connectivity index (χ4v) is 2.12. The summed E-state index contributed by atoms with van der Waals surface area (Å²) < 4.78 is 5.68. The standard InChI is InChI=1S/C13H27NO/c1-5-7-11(3)8-9-12-13(15-12)10-14(4)6-2/h11-13H,5-10H2,1-4H3. The highest BCUT2D eigenvalue weighted by Gasteiger charge is 2.38. The van der Waals surface area contributed by atoms with Crippen LogP contribution in [-0.2, 0) is 4.74 Å². The van der Waals surface area contributed by atoms with Crippen molar-refractivity contribution in [3.05, 3.63) is 0 Å². The monoisotopic (exact) mass is 213 g/mol. The van der Waals surface area contributed by atoms with Crippen LogP contribution in [0.1, 0.15) is 46.5 Å². The average Bonchev–Trinajstić information content (AvgIpc) is 2.94. The Kier molecular flexibility index (Phi) is 5.62. The third kappa shape index (κ3) is 4.98. The Morgan fingerprint density at radius 3 is 2.53 bits per heavy atom. The molecule has 0 radical (unpaired) electrons. The number of epoxide rings is 1. The summed E-state index contributed by atoms with van der Waals surface area (Å²) in [6.07, 6.45) is 6.39. The summed E-state index contributed by atoms with van der Waals surface area (Å²) >= 11 is 0. The molecular formula is C13H27NO. The van der Waals surface area contributed by atoms with Gasteiger partial charge in [-0.05, 0) is 32.4 Å². The summed E-state index contributed by atoms with van der Waals surface area (Å²) in [5, 5.41) is 0. The zero-order valence-electron chi connectivity index (χ0n) is 10.8. The third-order valence-electron chi connectivity index (χ3n) is 3.44. The molecule has 15 heavy (non-hydrogen) atoms. The molecule has 1 rings (SSSR count). The Bertz CT molecular complexity index is 172. The number of hydrogen-bond acceptors (Lipinski definition) is 2. The van der Waals surface area contributed by atoms with Crippen molar-refractivity contribution in [2.45, 2.75) is 58.7 Å². The molecule has 1 fully saturated rings. The van der Waals surface area contributed by atoms with Crippen LogP contribution in [0.25, 0.3) is 0 Å². The van der Waals surface area contributed by atoms with E-state index in [-0.39, 0.29) is 0 Å². The van der Waals surface area contributed by atoms with Crippen LogP contribution >= 0.6 is 0 Å². The summed E-state index contributed by atoms with van der Waals surface area (Å²) in [5.74, 6) is 0.878. The van der Waals surface area contributed by atoms with Crippen LogP contribution in [0.15, 0.2) is 0 Å². The van der Waals surface area contributed by atoms with Crippen molar-refractivity contribution in [1.29, 1.82) is 0 Å². The maximum absolute atomic E-state index is 5.68. The highest BCUT2D eigenvalue weighted by atomic mass is 16.6. The minimum Gasteiger partial charge on any atom is -0.368 e. The minimum atomic E-state index is 0.531. The number of nitrogens with zero attached hydrogens (tertiary/aromatic N) is 1. The van der Waals surface area contributed by atoms with Gasteiger partial charge in [0.15, 0.2) is 0 Å². The van der Waals surface area contributed by atoms with Gasteiger partial charge >= 0.3 is 0 Å². The lowest BCUT2D eigenvalue weighted by Crippen LogP contribution is -2.23. The van der Waals surface area contributed by atoms with Crippen LogP contribution in [0, 0.1) is 5.92 Å². The van der Waals surface area contributed by atoms with Gasteiger partial charge < -0.3 is 9.64 Å². The summed E-state index contributed by atoms with van der Waals surface area (Å²) in [5.41, 5.74) is 0. The van der Waals surface area contributed by atoms with E-state index in [2.05, 4.69) is 32.7 Å². The van der Waals surface area contributed by atoms with E-state index in [1.54, 1.807) is 0 Å². The largest absolute Gasteiger partial charge is 0.368 e. The van der Waals surface area contributed by atoms with E-state index >= 15 is 0 Å². The summed E-state index contributed by atoms with van der Waals surface area (Å²) in [4.78, 5) is 2.33. The molecule has 0 aromatic heterocycles. The molecule has 3 unspecified atom stereocenters. The maximum atomic E-state index is 5.68. The summed E-state index contributed by atoms with van der Waals surface area (Å²) in [6, 6.07) is 0. The molecule has 0 N–H and O–H groups in total. The summed E-state index contributed by atoms with van der Waals surface area (Å²) in [7, 11) is 2.17. The van der Waals surface area contributed by atoms with Gasteiger partial charge in [0.05, 0.1) is 12.2 Å². The van der Waals surface area contributed by atoms with Crippen molar-refractivity contribution in [3.63, 3.8) is 0 Å². The highest BCUT2D eigenvalue weighted by molar-refractivity contribution is 4.86. The van der Waals surface area contributed by atoms with Crippen LogP contribution < -0.4 is 0 Å². The van der Waals surface area contributed by atoms with Crippen molar-refractivity contribution in [3.8, 4) is 0 Å². The average molecular weight is 213 g/mol. The smallest absolute Gasteiger partial charge is 0.0968 e. The lowest BCUT2D eigenvalue weighted by atomic mass is 9.98. The molecule has 2 heteroatoms. The van der Waals surface area contributed by atoms with Gasteiger partial charge in [0.25, 0.3) is 0 Å². The Morgan fingerprint density at radius 1 is 1.20 bits per heavy atom. The lowest BCUT2D eigenvalue weighted by molar-refractivity contribution is 0.286. The van der Waals surface area contributed by atoms with Gasteiger partial charge in [0.1, 0.15) is 0 Å². The van der Waals surface area contributed by atoms with E-state index in [1.807, 2.05) is 0 Å². The van der Waals surface area contributed by atoms with Crippen molar-refractivity contribution >= 4 is 0 Å². The molecule has 1 heterocycles. The highest BCUT2D eigenvalue weighted by Crippen LogP contribution is 2.29. The predicted octanol–water partition coefficient (Wildman–Crippen LogP) is 2.92. The van der Waals surface area contributed by atoms with Crippen molar-refractivity contribution in [2.75, 3.05) is 20.1 Å². The second-order valence-corrected chi connectivity index (χ2v) is 5.04. The van der Waals surface area contributed by atoms with E-state index in [0.29, 0.717) is 12.2 Å². The van der Waals surface area contributed by atoms with Gasteiger partial charge in [-0.25, -0.2) is 0 Å². The molecule has 0 aromatic rings. The first kappa shape index (κ1) is 13.0. The van der Waals surface area contributed by atoms with Crippen LogP contribution in [0.5, 0.6) is 0 Å². The molecule has 1 saturated heterocycles. The van der Waals surface area contributed by atoms with E-state index < -0.39 is 0 Å². The van der Waals surface area contributed by atoms with Crippen molar-refractivity contribution in [2.24, 2.45) is 5.92 Å². The van der Waals surface area contributed by atoms with Gasteiger partial charge in [-0.1, -0.05) is 33.6 Å². The number of ether oxygens (including phenoxy) is 1. The Balaban J connectivity index is 2.01. The molecule has 0 aromatic carbocycles. The number of likely N-dealkylation sites (N-methyl/N-ethyl adjacent to an activating group) is 1. The minimum absolute atomic E-state index is 0.531. The SMILES string of the molecule is CCCC(C)CCC1OC1CN(C)CC. The first-order valence-electron chi connectivity index (χ1n) is 6.51. The molecular weight excluding hydrogens is 186 g/mol. The maximum Gasteiger partial charge on any atom is 0.0968 e. The van der Waals surface area contributed by atoms with Gasteiger partial charge in [0, 0.05) is 6.54 Å². The molecule has 2 nitrogen and oxygen atoms in total. The molecule has 0 aliphatic carbocycles. The van der Waals surface area contributed by atoms with Gasteiger partial charge in [-0.2, -0.15) is 0 Å². The van der Waals surface area contributed by atoms with E-state index in [9.17, 15) is 0 Å².